The predicted molar refractivity (Wildman–Crippen MR) is 131 cm³/mol. The van der Waals surface area contributed by atoms with Crippen molar-refractivity contribution >= 4 is 17.5 Å². The third-order valence-electron chi connectivity index (χ3n) is 6.95. The van der Waals surface area contributed by atoms with E-state index in [9.17, 15) is 14.4 Å². The molecule has 2 atom stereocenters. The molecule has 2 saturated heterocycles. The topological polar surface area (TPSA) is 66.9 Å². The summed E-state index contributed by atoms with van der Waals surface area (Å²) in [7, 11) is 0. The monoisotopic (exact) mass is 462 g/mol. The lowest BCUT2D eigenvalue weighted by Crippen LogP contribution is -2.39. The molecule has 1 amide bonds. The highest BCUT2D eigenvalue weighted by Gasteiger charge is 2.51. The third-order valence-corrected chi connectivity index (χ3v) is 6.95. The van der Waals surface area contributed by atoms with Crippen LogP contribution in [-0.4, -0.2) is 66.7 Å². The van der Waals surface area contributed by atoms with E-state index in [1.54, 1.807) is 17.0 Å². The summed E-state index contributed by atoms with van der Waals surface area (Å²) in [6.07, 6.45) is 0.741. The molecule has 6 heteroatoms. The maximum Gasteiger partial charge on any atom is 0.291 e. The summed E-state index contributed by atoms with van der Waals surface area (Å²) >= 11 is 0. The Morgan fingerprint density at radius 1 is 0.971 bits per heavy atom. The second kappa shape index (κ2) is 10.6. The first-order valence-electron chi connectivity index (χ1n) is 12.2. The maximum atomic E-state index is 13.5. The molecule has 0 spiro atoms. The van der Waals surface area contributed by atoms with Gasteiger partial charge in [0.15, 0.2) is 5.78 Å². The summed E-state index contributed by atoms with van der Waals surface area (Å²) in [5.41, 5.74) is 3.52. The number of ether oxygens (including phenoxy) is 1. The lowest BCUT2D eigenvalue weighted by molar-refractivity contribution is -0.140. The second-order valence-electron chi connectivity index (χ2n) is 9.64. The Labute approximate surface area is 201 Å². The van der Waals surface area contributed by atoms with Crippen LogP contribution in [0.1, 0.15) is 59.3 Å². The molecule has 0 aliphatic carbocycles. The Kier molecular flexibility index (Phi) is 7.59. The Hall–Kier alpha value is -2.83. The van der Waals surface area contributed by atoms with Crippen LogP contribution in [0.2, 0.25) is 0 Å². The molecular formula is C28H34N2O4. The number of amides is 1. The molecule has 0 saturated carbocycles. The van der Waals surface area contributed by atoms with Crippen molar-refractivity contribution in [2.24, 2.45) is 5.92 Å². The van der Waals surface area contributed by atoms with Gasteiger partial charge in [-0.25, -0.2) is 0 Å². The van der Waals surface area contributed by atoms with Crippen LogP contribution in [0.15, 0.2) is 48.5 Å². The van der Waals surface area contributed by atoms with E-state index in [1.807, 2.05) is 43.3 Å². The molecule has 2 aromatic rings. The van der Waals surface area contributed by atoms with Crippen LogP contribution in [0.3, 0.4) is 0 Å². The van der Waals surface area contributed by atoms with Crippen LogP contribution in [0.5, 0.6) is 0 Å². The number of benzene rings is 2. The van der Waals surface area contributed by atoms with Crippen LogP contribution in [-0.2, 0) is 14.3 Å². The van der Waals surface area contributed by atoms with Crippen molar-refractivity contribution in [1.82, 2.24) is 9.80 Å². The number of ketones is 2. The highest BCUT2D eigenvalue weighted by atomic mass is 16.5. The maximum absolute atomic E-state index is 13.5. The number of likely N-dealkylation sites (tertiary alicyclic amines) is 1. The minimum Gasteiger partial charge on any atom is -0.379 e. The van der Waals surface area contributed by atoms with E-state index in [-0.39, 0.29) is 5.78 Å². The van der Waals surface area contributed by atoms with Crippen molar-refractivity contribution in [1.29, 1.82) is 0 Å². The van der Waals surface area contributed by atoms with Gasteiger partial charge in [-0.1, -0.05) is 67.9 Å². The highest BCUT2D eigenvalue weighted by Crippen LogP contribution is 2.38. The van der Waals surface area contributed by atoms with Gasteiger partial charge >= 0.3 is 0 Å². The average molecular weight is 463 g/mol. The molecule has 2 aliphatic heterocycles. The molecule has 2 aromatic carbocycles. The van der Waals surface area contributed by atoms with Gasteiger partial charge in [0.25, 0.3) is 5.91 Å². The van der Waals surface area contributed by atoms with Crippen molar-refractivity contribution in [3.8, 4) is 0 Å². The fourth-order valence-electron chi connectivity index (χ4n) is 4.86. The highest BCUT2D eigenvalue weighted by molar-refractivity contribution is 6.44. The predicted octanol–water partition coefficient (Wildman–Crippen LogP) is 3.79. The summed E-state index contributed by atoms with van der Waals surface area (Å²) < 4.78 is 5.41. The van der Waals surface area contributed by atoms with E-state index in [1.165, 1.54) is 5.56 Å². The van der Waals surface area contributed by atoms with E-state index in [2.05, 4.69) is 18.7 Å². The van der Waals surface area contributed by atoms with Crippen LogP contribution in [0.4, 0.5) is 0 Å². The summed E-state index contributed by atoms with van der Waals surface area (Å²) in [5.74, 6) is -2.09. The van der Waals surface area contributed by atoms with Gasteiger partial charge in [0.1, 0.15) is 5.92 Å². The summed E-state index contributed by atoms with van der Waals surface area (Å²) in [5, 5.41) is 0. The molecule has 4 rings (SSSR count). The lowest BCUT2D eigenvalue weighted by Gasteiger charge is -2.30. The van der Waals surface area contributed by atoms with Crippen molar-refractivity contribution < 1.29 is 19.1 Å². The largest absolute Gasteiger partial charge is 0.379 e. The van der Waals surface area contributed by atoms with Gasteiger partial charge in [-0.05, 0) is 30.4 Å². The molecule has 34 heavy (non-hydrogen) atoms. The fraction of sp³-hybridized carbons (Fsp3) is 0.464. The van der Waals surface area contributed by atoms with Crippen molar-refractivity contribution in [2.75, 3.05) is 39.4 Å². The van der Waals surface area contributed by atoms with E-state index in [4.69, 9.17) is 4.74 Å². The van der Waals surface area contributed by atoms with Crippen LogP contribution >= 0.6 is 0 Å². The average Bonchev–Trinajstić information content (AvgIpc) is 3.10. The number of hydrogen-bond acceptors (Lipinski definition) is 5. The second-order valence-corrected chi connectivity index (χ2v) is 9.64. The number of Topliss-reactive ketones (excluding diaryl/α,β-unsaturated/α-hetero) is 2. The first-order valence-corrected chi connectivity index (χ1v) is 12.2. The van der Waals surface area contributed by atoms with Crippen molar-refractivity contribution in [3.05, 3.63) is 70.8 Å². The van der Waals surface area contributed by atoms with Gasteiger partial charge in [0, 0.05) is 31.7 Å². The lowest BCUT2D eigenvalue weighted by atomic mass is 9.85. The Balaban J connectivity index is 1.61. The van der Waals surface area contributed by atoms with Gasteiger partial charge in [-0.2, -0.15) is 0 Å². The number of carbonyl (C=O) groups is 3. The standard InChI is InChI=1S/C28H34N2O4/c1-19(2)21-9-11-22(12-10-21)25-24(26(31)23-7-5-20(3)6-8-23)27(32)28(33)30(25)14-4-13-29-15-17-34-18-16-29/h5-12,19,24-25H,4,13-18H2,1-3H3. The summed E-state index contributed by atoms with van der Waals surface area (Å²) in [6, 6.07) is 14.6. The van der Waals surface area contributed by atoms with Gasteiger partial charge in [0.2, 0.25) is 5.78 Å². The van der Waals surface area contributed by atoms with Gasteiger partial charge in [-0.15, -0.1) is 0 Å². The Morgan fingerprint density at radius 2 is 1.62 bits per heavy atom. The van der Waals surface area contributed by atoms with E-state index < -0.39 is 23.7 Å². The van der Waals surface area contributed by atoms with Crippen LogP contribution < -0.4 is 0 Å². The van der Waals surface area contributed by atoms with Crippen LogP contribution in [0, 0.1) is 12.8 Å². The zero-order valence-corrected chi connectivity index (χ0v) is 20.3. The Morgan fingerprint density at radius 3 is 2.24 bits per heavy atom. The van der Waals surface area contributed by atoms with Crippen molar-refractivity contribution in [3.63, 3.8) is 0 Å². The number of carbonyl (C=O) groups excluding carboxylic acids is 3. The zero-order valence-electron chi connectivity index (χ0n) is 20.3. The van der Waals surface area contributed by atoms with E-state index >= 15 is 0 Å². The molecule has 0 aromatic heterocycles. The molecule has 0 N–H and O–H groups in total. The van der Waals surface area contributed by atoms with Gasteiger partial charge in [0.05, 0.1) is 19.3 Å². The smallest absolute Gasteiger partial charge is 0.291 e. The van der Waals surface area contributed by atoms with Gasteiger partial charge < -0.3 is 9.64 Å². The first-order chi connectivity index (χ1) is 16.4. The molecule has 180 valence electrons. The molecule has 2 aliphatic rings. The molecule has 2 unspecified atom stereocenters. The van der Waals surface area contributed by atoms with Gasteiger partial charge in [-0.3, -0.25) is 19.3 Å². The molecule has 6 nitrogen and oxygen atoms in total. The SMILES string of the molecule is Cc1ccc(C(=O)C2C(=O)C(=O)N(CCCN3CCOCC3)C2c2ccc(C(C)C)cc2)cc1. The van der Waals surface area contributed by atoms with Crippen LogP contribution in [0.25, 0.3) is 0 Å². The quantitative estimate of drug-likeness (QED) is 0.339. The molecule has 0 bridgehead atoms. The molecule has 2 fully saturated rings. The summed E-state index contributed by atoms with van der Waals surface area (Å²) in [6.45, 7) is 10.7. The number of hydrogen-bond donors (Lipinski definition) is 0. The van der Waals surface area contributed by atoms with E-state index in [0.717, 1.165) is 50.4 Å². The minimum absolute atomic E-state index is 0.285. The Bertz CT molecular complexity index is 1020. The van der Waals surface area contributed by atoms with Crippen molar-refractivity contribution in [2.45, 2.75) is 39.2 Å². The minimum atomic E-state index is -1.02. The molecular weight excluding hydrogens is 428 g/mol. The molecule has 0 radical (unpaired) electrons. The number of rotatable bonds is 8. The fourth-order valence-corrected chi connectivity index (χ4v) is 4.86. The number of aryl methyl sites for hydroxylation is 1. The molecule has 2 heterocycles. The third kappa shape index (κ3) is 5.13. The number of morpholine rings is 1. The normalized spacial score (nSPS) is 21.5. The zero-order chi connectivity index (χ0) is 24.2. The summed E-state index contributed by atoms with van der Waals surface area (Å²) in [4.78, 5) is 43.8. The first kappa shape index (κ1) is 24.3. The van der Waals surface area contributed by atoms with E-state index in [0.29, 0.717) is 18.0 Å². The number of nitrogens with zero attached hydrogens (tertiary/aromatic N) is 2.